The van der Waals surface area contributed by atoms with Gasteiger partial charge in [-0.15, -0.1) is 0 Å². The number of esters is 1. The van der Waals surface area contributed by atoms with E-state index in [2.05, 4.69) is 5.32 Å². The van der Waals surface area contributed by atoms with Crippen molar-refractivity contribution in [3.63, 3.8) is 0 Å². The molecule has 0 radical (unpaired) electrons. The SMILES string of the molecule is CC(=O)Oc1cccc(C(=O)N[C@@H](Cc2ccc(C(F)(F)F)cc2)C(=O)O)c1. The summed E-state index contributed by atoms with van der Waals surface area (Å²) in [5, 5.41) is 11.6. The fraction of sp³-hybridized carbons (Fsp3) is 0.211. The van der Waals surface area contributed by atoms with Crippen molar-refractivity contribution in [1.82, 2.24) is 5.32 Å². The lowest BCUT2D eigenvalue weighted by Crippen LogP contribution is -2.42. The number of rotatable bonds is 6. The summed E-state index contributed by atoms with van der Waals surface area (Å²) < 4.78 is 42.7. The van der Waals surface area contributed by atoms with Crippen molar-refractivity contribution < 1.29 is 37.4 Å². The third kappa shape index (κ3) is 5.83. The van der Waals surface area contributed by atoms with Gasteiger partial charge in [0, 0.05) is 18.9 Å². The molecule has 0 spiro atoms. The molecule has 1 amide bonds. The lowest BCUT2D eigenvalue weighted by molar-refractivity contribution is -0.139. The maximum Gasteiger partial charge on any atom is 0.416 e. The first-order valence-electron chi connectivity index (χ1n) is 8.04. The van der Waals surface area contributed by atoms with Crippen molar-refractivity contribution in [3.05, 3.63) is 65.2 Å². The fourth-order valence-electron chi connectivity index (χ4n) is 2.37. The zero-order valence-corrected chi connectivity index (χ0v) is 14.6. The van der Waals surface area contributed by atoms with E-state index in [1.54, 1.807) is 0 Å². The van der Waals surface area contributed by atoms with Crippen LogP contribution in [0, 0.1) is 0 Å². The van der Waals surface area contributed by atoms with Crippen LogP contribution >= 0.6 is 0 Å². The predicted octanol–water partition coefficient (Wildman–Crippen LogP) is 3.06. The molecule has 28 heavy (non-hydrogen) atoms. The minimum atomic E-state index is -4.49. The molecule has 0 aromatic heterocycles. The van der Waals surface area contributed by atoms with E-state index in [-0.39, 0.29) is 17.7 Å². The Hall–Kier alpha value is -3.36. The number of alkyl halides is 3. The predicted molar refractivity (Wildman–Crippen MR) is 91.8 cm³/mol. The molecule has 0 unspecified atom stereocenters. The minimum absolute atomic E-state index is 0.0671. The third-order valence-corrected chi connectivity index (χ3v) is 3.68. The second kappa shape index (κ2) is 8.55. The van der Waals surface area contributed by atoms with Crippen LogP contribution in [-0.2, 0) is 22.2 Å². The van der Waals surface area contributed by atoms with Crippen molar-refractivity contribution in [3.8, 4) is 5.75 Å². The van der Waals surface area contributed by atoms with Crippen LogP contribution in [-0.4, -0.2) is 29.0 Å². The molecular formula is C19H16F3NO5. The number of halogens is 3. The van der Waals surface area contributed by atoms with Gasteiger partial charge in [-0.1, -0.05) is 18.2 Å². The first-order chi connectivity index (χ1) is 13.1. The summed E-state index contributed by atoms with van der Waals surface area (Å²) in [5.41, 5.74) is -0.471. The van der Waals surface area contributed by atoms with E-state index in [1.165, 1.54) is 31.2 Å². The van der Waals surface area contributed by atoms with Crippen LogP contribution in [0.25, 0.3) is 0 Å². The highest BCUT2D eigenvalue weighted by atomic mass is 19.4. The van der Waals surface area contributed by atoms with Crippen LogP contribution in [0.2, 0.25) is 0 Å². The van der Waals surface area contributed by atoms with Gasteiger partial charge in [-0.3, -0.25) is 9.59 Å². The summed E-state index contributed by atoms with van der Waals surface area (Å²) in [6.07, 6.45) is -4.70. The largest absolute Gasteiger partial charge is 0.480 e. The molecular weight excluding hydrogens is 379 g/mol. The quantitative estimate of drug-likeness (QED) is 0.579. The molecule has 148 valence electrons. The molecule has 0 aliphatic carbocycles. The van der Waals surface area contributed by atoms with Crippen molar-refractivity contribution in [2.75, 3.05) is 0 Å². The van der Waals surface area contributed by atoms with E-state index in [4.69, 9.17) is 4.74 Å². The number of carboxylic acids is 1. The molecule has 6 nitrogen and oxygen atoms in total. The zero-order chi connectivity index (χ0) is 20.9. The Labute approximate surface area is 157 Å². The van der Waals surface area contributed by atoms with Crippen molar-refractivity contribution in [1.29, 1.82) is 0 Å². The topological polar surface area (TPSA) is 92.7 Å². The Balaban J connectivity index is 2.11. The van der Waals surface area contributed by atoms with Gasteiger partial charge in [0.2, 0.25) is 0 Å². The Bertz CT molecular complexity index is 878. The number of carboxylic acid groups (broad SMARTS) is 1. The van der Waals surface area contributed by atoms with E-state index in [0.717, 1.165) is 24.3 Å². The number of hydrogen-bond acceptors (Lipinski definition) is 4. The molecule has 2 N–H and O–H groups in total. The molecule has 2 rings (SSSR count). The van der Waals surface area contributed by atoms with Crippen LogP contribution in [0.3, 0.4) is 0 Å². The summed E-state index contributed by atoms with van der Waals surface area (Å²) in [4.78, 5) is 34.7. The number of carbonyl (C=O) groups excluding carboxylic acids is 2. The lowest BCUT2D eigenvalue weighted by atomic mass is 10.0. The fourth-order valence-corrected chi connectivity index (χ4v) is 2.37. The summed E-state index contributed by atoms with van der Waals surface area (Å²) in [5.74, 6) is -2.53. The molecule has 0 bridgehead atoms. The monoisotopic (exact) mass is 395 g/mol. The average Bonchev–Trinajstić information content (AvgIpc) is 2.60. The molecule has 2 aromatic rings. The van der Waals surface area contributed by atoms with Gasteiger partial charge in [0.1, 0.15) is 11.8 Å². The van der Waals surface area contributed by atoms with Crippen LogP contribution in [0.4, 0.5) is 13.2 Å². The number of nitrogens with one attached hydrogen (secondary N) is 1. The number of carbonyl (C=O) groups is 3. The average molecular weight is 395 g/mol. The Morgan fingerprint density at radius 3 is 2.29 bits per heavy atom. The Morgan fingerprint density at radius 2 is 1.75 bits per heavy atom. The zero-order valence-electron chi connectivity index (χ0n) is 14.6. The van der Waals surface area contributed by atoms with Gasteiger partial charge in [0.15, 0.2) is 0 Å². The first kappa shape index (κ1) is 20.9. The standard InChI is InChI=1S/C19H16F3NO5/c1-11(24)28-15-4-2-3-13(10-15)17(25)23-16(18(26)27)9-12-5-7-14(8-6-12)19(20,21)22/h2-8,10,16H,9H2,1H3,(H,23,25)(H,26,27)/t16-/m0/s1. The van der Waals surface area contributed by atoms with Gasteiger partial charge in [0.05, 0.1) is 5.56 Å². The van der Waals surface area contributed by atoms with E-state index in [1.807, 2.05) is 0 Å². The van der Waals surface area contributed by atoms with Gasteiger partial charge < -0.3 is 15.2 Å². The maximum atomic E-state index is 12.6. The molecule has 0 saturated heterocycles. The third-order valence-electron chi connectivity index (χ3n) is 3.68. The molecule has 0 aliphatic heterocycles. The van der Waals surface area contributed by atoms with Gasteiger partial charge in [-0.05, 0) is 35.9 Å². The highest BCUT2D eigenvalue weighted by Gasteiger charge is 2.30. The number of ether oxygens (including phenoxy) is 1. The van der Waals surface area contributed by atoms with Gasteiger partial charge in [-0.2, -0.15) is 13.2 Å². The number of benzene rings is 2. The molecule has 2 aromatic carbocycles. The second-order valence-corrected chi connectivity index (χ2v) is 5.88. The van der Waals surface area contributed by atoms with Gasteiger partial charge >= 0.3 is 18.1 Å². The lowest BCUT2D eigenvalue weighted by Gasteiger charge is -2.15. The second-order valence-electron chi connectivity index (χ2n) is 5.88. The molecule has 9 heteroatoms. The van der Waals surface area contributed by atoms with Gasteiger partial charge in [-0.25, -0.2) is 4.79 Å². The van der Waals surface area contributed by atoms with Crippen LogP contribution in [0.5, 0.6) is 5.75 Å². The number of aliphatic carboxylic acids is 1. The van der Waals surface area contributed by atoms with Crippen LogP contribution in [0.15, 0.2) is 48.5 Å². The maximum absolute atomic E-state index is 12.6. The molecule has 0 saturated carbocycles. The molecule has 0 fully saturated rings. The minimum Gasteiger partial charge on any atom is -0.480 e. The van der Waals surface area contributed by atoms with E-state index in [9.17, 15) is 32.7 Å². The summed E-state index contributed by atoms with van der Waals surface area (Å²) in [6, 6.07) is 8.23. The van der Waals surface area contributed by atoms with E-state index < -0.39 is 35.6 Å². The smallest absolute Gasteiger partial charge is 0.416 e. The highest BCUT2D eigenvalue weighted by molar-refractivity contribution is 5.97. The normalized spacial score (nSPS) is 12.1. The van der Waals surface area contributed by atoms with Crippen LogP contribution < -0.4 is 10.1 Å². The Kier molecular flexibility index (Phi) is 6.40. The van der Waals surface area contributed by atoms with Crippen molar-refractivity contribution in [2.45, 2.75) is 25.6 Å². The van der Waals surface area contributed by atoms with Crippen molar-refractivity contribution in [2.24, 2.45) is 0 Å². The van der Waals surface area contributed by atoms with Crippen LogP contribution in [0.1, 0.15) is 28.4 Å². The van der Waals surface area contributed by atoms with Crippen molar-refractivity contribution >= 4 is 17.8 Å². The summed E-state index contributed by atoms with van der Waals surface area (Å²) in [7, 11) is 0. The highest BCUT2D eigenvalue weighted by Crippen LogP contribution is 2.29. The molecule has 1 atom stereocenters. The summed E-state index contributed by atoms with van der Waals surface area (Å²) in [6.45, 7) is 1.19. The van der Waals surface area contributed by atoms with Gasteiger partial charge in [0.25, 0.3) is 5.91 Å². The number of amides is 1. The Morgan fingerprint density at radius 1 is 1.11 bits per heavy atom. The first-order valence-corrected chi connectivity index (χ1v) is 8.04. The van der Waals surface area contributed by atoms with E-state index >= 15 is 0 Å². The number of hydrogen-bond donors (Lipinski definition) is 2. The molecule has 0 aliphatic rings. The van der Waals surface area contributed by atoms with E-state index in [0.29, 0.717) is 5.56 Å². The summed E-state index contributed by atoms with van der Waals surface area (Å²) >= 11 is 0. The molecule has 0 heterocycles.